The fourth-order valence-corrected chi connectivity index (χ4v) is 5.70. The molecule has 0 aromatic heterocycles. The van der Waals surface area contributed by atoms with Crippen LogP contribution in [0.25, 0.3) is 0 Å². The molecule has 0 bridgehead atoms. The van der Waals surface area contributed by atoms with Gasteiger partial charge in [0.15, 0.2) is 0 Å². The molecule has 0 saturated carbocycles. The number of rotatable bonds is 11. The molecule has 39 heavy (non-hydrogen) atoms. The second kappa shape index (κ2) is 13.5. The lowest BCUT2D eigenvalue weighted by Gasteiger charge is -2.32. The summed E-state index contributed by atoms with van der Waals surface area (Å²) in [5, 5.41) is 3.74. The van der Waals surface area contributed by atoms with Crippen LogP contribution in [0.4, 0.5) is 5.69 Å². The summed E-state index contributed by atoms with van der Waals surface area (Å²) in [4.78, 5) is 28.3. The highest BCUT2D eigenvalue weighted by Gasteiger charge is 2.33. The minimum absolute atomic E-state index is 0.00664. The maximum atomic E-state index is 13.9. The van der Waals surface area contributed by atoms with E-state index in [2.05, 4.69) is 5.32 Å². The Morgan fingerprint density at radius 3 is 2.21 bits per heavy atom. The number of carbonyl (C=O) groups excluding carboxylic acids is 2. The molecular formula is C28H30Cl3N3O4S. The first-order valence-corrected chi connectivity index (χ1v) is 14.9. The van der Waals surface area contributed by atoms with Gasteiger partial charge in [0.25, 0.3) is 10.0 Å². The summed E-state index contributed by atoms with van der Waals surface area (Å²) in [6, 6.07) is 18.0. The van der Waals surface area contributed by atoms with Crippen LogP contribution in [0.3, 0.4) is 0 Å². The predicted molar refractivity (Wildman–Crippen MR) is 157 cm³/mol. The minimum atomic E-state index is -4.20. The standard InChI is InChI=1S/C28H30Cl3N3O4S/c1-4-19(2)32-28(36)20(3)33(17-21-9-8-10-22(29)15-21)27(35)18-34(23-13-14-25(30)26(31)16-23)39(37,38)24-11-6-5-7-12-24/h5-16,19-20H,4,17-18H2,1-3H3,(H,32,36)/t19-,20+/m1/s1. The molecule has 0 spiro atoms. The van der Waals surface area contributed by atoms with Gasteiger partial charge in [0, 0.05) is 17.6 Å². The average molecular weight is 611 g/mol. The lowest BCUT2D eigenvalue weighted by atomic mass is 10.1. The summed E-state index contributed by atoms with van der Waals surface area (Å²) in [5.74, 6) is -0.945. The van der Waals surface area contributed by atoms with E-state index in [1.807, 2.05) is 13.8 Å². The fourth-order valence-electron chi connectivity index (χ4n) is 3.77. The Hall–Kier alpha value is -2.78. The van der Waals surface area contributed by atoms with E-state index in [-0.39, 0.29) is 39.1 Å². The van der Waals surface area contributed by atoms with Gasteiger partial charge >= 0.3 is 0 Å². The molecule has 11 heteroatoms. The first-order valence-electron chi connectivity index (χ1n) is 12.3. The van der Waals surface area contributed by atoms with Gasteiger partial charge in [-0.25, -0.2) is 8.42 Å². The van der Waals surface area contributed by atoms with Crippen LogP contribution in [-0.4, -0.2) is 43.8 Å². The number of anilines is 1. The number of nitrogens with one attached hydrogen (secondary N) is 1. The molecule has 3 aromatic rings. The van der Waals surface area contributed by atoms with Crippen LogP contribution in [0.2, 0.25) is 15.1 Å². The molecule has 0 radical (unpaired) electrons. The van der Waals surface area contributed by atoms with Crippen molar-refractivity contribution in [1.29, 1.82) is 0 Å². The summed E-state index contributed by atoms with van der Waals surface area (Å²) < 4.78 is 28.5. The van der Waals surface area contributed by atoms with E-state index in [9.17, 15) is 18.0 Å². The first kappa shape index (κ1) is 30.8. The molecule has 3 aromatic carbocycles. The monoisotopic (exact) mass is 609 g/mol. The summed E-state index contributed by atoms with van der Waals surface area (Å²) in [6.07, 6.45) is 0.709. The molecule has 0 aliphatic rings. The highest BCUT2D eigenvalue weighted by Crippen LogP contribution is 2.31. The molecule has 2 amide bonds. The zero-order valence-electron chi connectivity index (χ0n) is 21.8. The Labute approximate surface area is 244 Å². The van der Waals surface area contributed by atoms with Gasteiger partial charge in [0.1, 0.15) is 12.6 Å². The molecule has 208 valence electrons. The molecule has 0 aliphatic carbocycles. The van der Waals surface area contributed by atoms with E-state index in [0.717, 1.165) is 4.31 Å². The Balaban J connectivity index is 2.04. The number of nitrogens with zero attached hydrogens (tertiary/aromatic N) is 2. The molecule has 0 aliphatic heterocycles. The number of benzene rings is 3. The second-order valence-electron chi connectivity index (χ2n) is 9.07. The van der Waals surface area contributed by atoms with Crippen LogP contribution in [-0.2, 0) is 26.2 Å². The molecule has 1 N–H and O–H groups in total. The Kier molecular flexibility index (Phi) is 10.7. The Bertz CT molecular complexity index is 1420. The minimum Gasteiger partial charge on any atom is -0.352 e. The van der Waals surface area contributed by atoms with Crippen molar-refractivity contribution in [3.8, 4) is 0 Å². The maximum Gasteiger partial charge on any atom is 0.264 e. The summed E-state index contributed by atoms with van der Waals surface area (Å²) in [7, 11) is -4.20. The summed E-state index contributed by atoms with van der Waals surface area (Å²) in [6.45, 7) is 4.86. The molecule has 0 saturated heterocycles. The van der Waals surface area contributed by atoms with Crippen molar-refractivity contribution in [2.24, 2.45) is 0 Å². The summed E-state index contributed by atoms with van der Waals surface area (Å²) in [5.41, 5.74) is 0.840. The third kappa shape index (κ3) is 7.88. The van der Waals surface area contributed by atoms with E-state index < -0.39 is 28.5 Å². The van der Waals surface area contributed by atoms with Crippen molar-refractivity contribution < 1.29 is 18.0 Å². The normalized spacial score (nSPS) is 12.9. The van der Waals surface area contributed by atoms with E-state index in [4.69, 9.17) is 34.8 Å². The van der Waals surface area contributed by atoms with Gasteiger partial charge in [-0.3, -0.25) is 13.9 Å². The topological polar surface area (TPSA) is 86.8 Å². The van der Waals surface area contributed by atoms with Gasteiger partial charge in [-0.2, -0.15) is 0 Å². The van der Waals surface area contributed by atoms with E-state index >= 15 is 0 Å². The van der Waals surface area contributed by atoms with E-state index in [1.54, 1.807) is 49.4 Å². The van der Waals surface area contributed by atoms with Crippen LogP contribution in [0.1, 0.15) is 32.8 Å². The van der Waals surface area contributed by atoms with Crippen LogP contribution in [0.5, 0.6) is 0 Å². The zero-order chi connectivity index (χ0) is 28.7. The lowest BCUT2D eigenvalue weighted by Crippen LogP contribution is -2.52. The number of hydrogen-bond acceptors (Lipinski definition) is 4. The highest BCUT2D eigenvalue weighted by atomic mass is 35.5. The third-order valence-electron chi connectivity index (χ3n) is 6.21. The number of carbonyl (C=O) groups is 2. The van der Waals surface area contributed by atoms with Crippen LogP contribution >= 0.6 is 34.8 Å². The van der Waals surface area contributed by atoms with Gasteiger partial charge in [-0.1, -0.05) is 72.1 Å². The number of sulfonamides is 1. The van der Waals surface area contributed by atoms with Crippen LogP contribution in [0, 0.1) is 0 Å². The SMILES string of the molecule is CC[C@@H](C)NC(=O)[C@H](C)N(Cc1cccc(Cl)c1)C(=O)CN(c1ccc(Cl)c(Cl)c1)S(=O)(=O)c1ccccc1. The van der Waals surface area contributed by atoms with Crippen molar-refractivity contribution in [1.82, 2.24) is 10.2 Å². The molecule has 2 atom stereocenters. The highest BCUT2D eigenvalue weighted by molar-refractivity contribution is 7.92. The number of amides is 2. The molecule has 0 unspecified atom stereocenters. The van der Waals surface area contributed by atoms with Crippen LogP contribution < -0.4 is 9.62 Å². The van der Waals surface area contributed by atoms with Gasteiger partial charge in [0.05, 0.1) is 20.6 Å². The molecule has 3 rings (SSSR count). The fraction of sp³-hybridized carbons (Fsp3) is 0.286. The van der Waals surface area contributed by atoms with Crippen molar-refractivity contribution in [3.63, 3.8) is 0 Å². The van der Waals surface area contributed by atoms with Crippen molar-refractivity contribution >= 4 is 62.3 Å². The second-order valence-corrected chi connectivity index (χ2v) is 12.2. The van der Waals surface area contributed by atoms with E-state index in [1.165, 1.54) is 35.2 Å². The van der Waals surface area contributed by atoms with E-state index in [0.29, 0.717) is 17.0 Å². The molecule has 7 nitrogen and oxygen atoms in total. The quantitative estimate of drug-likeness (QED) is 0.281. The zero-order valence-corrected chi connectivity index (χ0v) is 24.9. The lowest BCUT2D eigenvalue weighted by molar-refractivity contribution is -0.139. The Morgan fingerprint density at radius 2 is 1.59 bits per heavy atom. The first-order chi connectivity index (χ1) is 18.4. The maximum absolute atomic E-state index is 13.9. The smallest absolute Gasteiger partial charge is 0.264 e. The van der Waals surface area contributed by atoms with Gasteiger partial charge in [0.2, 0.25) is 11.8 Å². The predicted octanol–water partition coefficient (Wildman–Crippen LogP) is 6.17. The van der Waals surface area contributed by atoms with Crippen molar-refractivity contribution in [3.05, 3.63) is 93.4 Å². The van der Waals surface area contributed by atoms with Crippen molar-refractivity contribution in [2.45, 2.75) is 50.7 Å². The molecule has 0 heterocycles. The number of halogens is 3. The summed E-state index contributed by atoms with van der Waals surface area (Å²) >= 11 is 18.5. The third-order valence-corrected chi connectivity index (χ3v) is 8.97. The molecule has 0 fully saturated rings. The average Bonchev–Trinajstić information content (AvgIpc) is 2.91. The van der Waals surface area contributed by atoms with Gasteiger partial charge in [-0.05, 0) is 68.3 Å². The Morgan fingerprint density at radius 1 is 0.897 bits per heavy atom. The van der Waals surface area contributed by atoms with Gasteiger partial charge < -0.3 is 10.2 Å². The number of hydrogen-bond donors (Lipinski definition) is 1. The van der Waals surface area contributed by atoms with Gasteiger partial charge in [-0.15, -0.1) is 0 Å². The molecular weight excluding hydrogens is 581 g/mol. The van der Waals surface area contributed by atoms with Crippen LogP contribution in [0.15, 0.2) is 77.7 Å². The van der Waals surface area contributed by atoms with Crippen molar-refractivity contribution in [2.75, 3.05) is 10.8 Å². The largest absolute Gasteiger partial charge is 0.352 e.